The number of aromatic nitrogens is 4. The van der Waals surface area contributed by atoms with E-state index in [4.69, 9.17) is 0 Å². The molecule has 2 aromatic rings. The van der Waals surface area contributed by atoms with Crippen molar-refractivity contribution >= 4 is 34.1 Å². The Bertz CT molecular complexity index is 534. The van der Waals surface area contributed by atoms with Crippen LogP contribution >= 0.6 is 23.1 Å². The van der Waals surface area contributed by atoms with E-state index in [1.165, 1.54) is 35.9 Å². The fourth-order valence-electron chi connectivity index (χ4n) is 1.51. The fourth-order valence-corrected chi connectivity index (χ4v) is 2.84. The molecule has 18 heavy (non-hydrogen) atoms. The van der Waals surface area contributed by atoms with Gasteiger partial charge in [0.15, 0.2) is 10.3 Å². The summed E-state index contributed by atoms with van der Waals surface area (Å²) >= 11 is 2.81. The molecule has 1 N–H and O–H groups in total. The predicted octanol–water partition coefficient (Wildman–Crippen LogP) is 1.80. The van der Waals surface area contributed by atoms with E-state index in [-0.39, 0.29) is 5.91 Å². The number of nitrogens with one attached hydrogen (secondary N) is 1. The standard InChI is InChI=1S/C10H11N5OS2/c16-8(13-9-11-3-4-17-9)5-18-10-14-12-6-15(10)7-1-2-7/h3-4,6-7H,1-2,5H2,(H,11,13,16). The minimum absolute atomic E-state index is 0.0692. The van der Waals surface area contributed by atoms with Gasteiger partial charge >= 0.3 is 0 Å². The second-order valence-electron chi connectivity index (χ2n) is 3.93. The van der Waals surface area contributed by atoms with Crippen molar-refractivity contribution in [1.82, 2.24) is 19.7 Å². The van der Waals surface area contributed by atoms with E-state index in [1.54, 1.807) is 12.5 Å². The zero-order valence-electron chi connectivity index (χ0n) is 9.44. The van der Waals surface area contributed by atoms with Crippen molar-refractivity contribution in [2.45, 2.75) is 24.0 Å². The van der Waals surface area contributed by atoms with E-state index in [0.717, 1.165) is 5.16 Å². The first kappa shape index (κ1) is 11.7. The van der Waals surface area contributed by atoms with Gasteiger partial charge in [-0.15, -0.1) is 21.5 Å². The number of nitrogens with zero attached hydrogens (tertiary/aromatic N) is 4. The number of thioether (sulfide) groups is 1. The van der Waals surface area contributed by atoms with Crippen molar-refractivity contribution in [3.05, 3.63) is 17.9 Å². The van der Waals surface area contributed by atoms with Gasteiger partial charge in [-0.05, 0) is 12.8 Å². The topological polar surface area (TPSA) is 72.7 Å². The van der Waals surface area contributed by atoms with Crippen molar-refractivity contribution in [3.8, 4) is 0 Å². The van der Waals surface area contributed by atoms with Crippen LogP contribution in [0, 0.1) is 0 Å². The third-order valence-electron chi connectivity index (χ3n) is 2.49. The first-order chi connectivity index (χ1) is 8.83. The number of rotatable bonds is 5. The largest absolute Gasteiger partial charge is 0.306 e. The maximum atomic E-state index is 11.7. The highest BCUT2D eigenvalue weighted by atomic mass is 32.2. The lowest BCUT2D eigenvalue weighted by Crippen LogP contribution is -2.14. The minimum Gasteiger partial charge on any atom is -0.306 e. The fraction of sp³-hybridized carbons (Fsp3) is 0.400. The van der Waals surface area contributed by atoms with Gasteiger partial charge in [-0.2, -0.15) is 0 Å². The number of hydrogen-bond donors (Lipinski definition) is 1. The molecule has 1 aliphatic carbocycles. The average molecular weight is 281 g/mol. The smallest absolute Gasteiger partial charge is 0.236 e. The van der Waals surface area contributed by atoms with Gasteiger partial charge in [0.1, 0.15) is 6.33 Å². The maximum absolute atomic E-state index is 11.7. The van der Waals surface area contributed by atoms with E-state index in [9.17, 15) is 4.79 Å². The Morgan fingerprint density at radius 3 is 3.22 bits per heavy atom. The molecule has 3 rings (SSSR count). The lowest BCUT2D eigenvalue weighted by Gasteiger charge is -2.03. The van der Waals surface area contributed by atoms with Gasteiger partial charge in [-0.25, -0.2) is 4.98 Å². The lowest BCUT2D eigenvalue weighted by molar-refractivity contribution is -0.113. The first-order valence-corrected chi connectivity index (χ1v) is 7.41. The second-order valence-corrected chi connectivity index (χ2v) is 5.76. The molecule has 0 aliphatic heterocycles. The normalized spacial score (nSPS) is 14.7. The van der Waals surface area contributed by atoms with Crippen LogP contribution in [-0.4, -0.2) is 31.4 Å². The molecule has 0 radical (unpaired) electrons. The molecular formula is C10H11N5OS2. The molecule has 0 bridgehead atoms. The molecule has 6 nitrogen and oxygen atoms in total. The van der Waals surface area contributed by atoms with Crippen molar-refractivity contribution in [2.75, 3.05) is 11.1 Å². The number of amides is 1. The molecule has 0 saturated heterocycles. The Kier molecular flexibility index (Phi) is 3.28. The quantitative estimate of drug-likeness (QED) is 0.846. The monoisotopic (exact) mass is 281 g/mol. The van der Waals surface area contributed by atoms with Crippen LogP contribution in [0.5, 0.6) is 0 Å². The van der Waals surface area contributed by atoms with E-state index < -0.39 is 0 Å². The maximum Gasteiger partial charge on any atom is 0.236 e. The summed E-state index contributed by atoms with van der Waals surface area (Å²) < 4.78 is 2.04. The number of thiazole rings is 1. The number of anilines is 1. The Hall–Kier alpha value is -1.41. The summed E-state index contributed by atoms with van der Waals surface area (Å²) in [4.78, 5) is 15.7. The summed E-state index contributed by atoms with van der Waals surface area (Å²) in [5, 5.41) is 13.9. The highest BCUT2D eigenvalue weighted by molar-refractivity contribution is 7.99. The molecule has 1 saturated carbocycles. The average Bonchev–Trinajstić information content (AvgIpc) is 2.90. The lowest BCUT2D eigenvalue weighted by atomic mass is 10.7. The van der Waals surface area contributed by atoms with Gasteiger partial charge in [-0.3, -0.25) is 4.79 Å². The summed E-state index contributed by atoms with van der Waals surface area (Å²) in [5.41, 5.74) is 0. The van der Waals surface area contributed by atoms with Crippen molar-refractivity contribution < 1.29 is 4.79 Å². The molecule has 0 unspecified atom stereocenters. The molecule has 0 aromatic carbocycles. The van der Waals surface area contributed by atoms with Crippen LogP contribution in [0.1, 0.15) is 18.9 Å². The molecule has 2 aromatic heterocycles. The molecule has 0 spiro atoms. The van der Waals surface area contributed by atoms with Gasteiger partial charge in [0, 0.05) is 17.6 Å². The Morgan fingerprint density at radius 2 is 2.50 bits per heavy atom. The van der Waals surface area contributed by atoms with E-state index >= 15 is 0 Å². The molecule has 2 heterocycles. The van der Waals surface area contributed by atoms with Crippen molar-refractivity contribution in [3.63, 3.8) is 0 Å². The molecule has 1 fully saturated rings. The van der Waals surface area contributed by atoms with Gasteiger partial charge < -0.3 is 9.88 Å². The molecular weight excluding hydrogens is 270 g/mol. The Morgan fingerprint density at radius 1 is 1.61 bits per heavy atom. The van der Waals surface area contributed by atoms with Gasteiger partial charge in [-0.1, -0.05) is 11.8 Å². The molecule has 0 atom stereocenters. The number of carbonyl (C=O) groups is 1. The van der Waals surface area contributed by atoms with E-state index in [1.807, 2.05) is 9.95 Å². The highest BCUT2D eigenvalue weighted by Gasteiger charge is 2.26. The Balaban J connectivity index is 1.54. The van der Waals surface area contributed by atoms with Crippen LogP contribution in [-0.2, 0) is 4.79 Å². The number of carbonyl (C=O) groups excluding carboxylic acids is 1. The minimum atomic E-state index is -0.0692. The SMILES string of the molecule is O=C(CSc1nncn1C1CC1)Nc1nccs1. The second kappa shape index (κ2) is 5.07. The van der Waals surface area contributed by atoms with E-state index in [2.05, 4.69) is 20.5 Å². The van der Waals surface area contributed by atoms with E-state index in [0.29, 0.717) is 16.9 Å². The Labute approximate surface area is 112 Å². The summed E-state index contributed by atoms with van der Waals surface area (Å²) in [6.07, 6.45) is 5.75. The van der Waals surface area contributed by atoms with Crippen molar-refractivity contribution in [1.29, 1.82) is 0 Å². The van der Waals surface area contributed by atoms with Gasteiger partial charge in [0.2, 0.25) is 5.91 Å². The zero-order chi connectivity index (χ0) is 12.4. The van der Waals surface area contributed by atoms with Crippen LogP contribution in [0.3, 0.4) is 0 Å². The van der Waals surface area contributed by atoms with Crippen LogP contribution in [0.4, 0.5) is 5.13 Å². The van der Waals surface area contributed by atoms with Gasteiger partial charge in [0.25, 0.3) is 0 Å². The zero-order valence-corrected chi connectivity index (χ0v) is 11.1. The van der Waals surface area contributed by atoms with Crippen LogP contribution in [0.2, 0.25) is 0 Å². The first-order valence-electron chi connectivity index (χ1n) is 5.54. The predicted molar refractivity (Wildman–Crippen MR) is 69.8 cm³/mol. The van der Waals surface area contributed by atoms with Crippen LogP contribution in [0.25, 0.3) is 0 Å². The third kappa shape index (κ3) is 2.70. The summed E-state index contributed by atoms with van der Waals surface area (Å²) in [5.74, 6) is 0.255. The molecule has 94 valence electrons. The summed E-state index contributed by atoms with van der Waals surface area (Å²) in [6, 6.07) is 0.532. The summed E-state index contributed by atoms with van der Waals surface area (Å²) in [7, 11) is 0. The molecule has 8 heteroatoms. The van der Waals surface area contributed by atoms with Crippen molar-refractivity contribution in [2.24, 2.45) is 0 Å². The van der Waals surface area contributed by atoms with Gasteiger partial charge in [0.05, 0.1) is 5.75 Å². The summed E-state index contributed by atoms with van der Waals surface area (Å²) in [6.45, 7) is 0. The number of hydrogen-bond acceptors (Lipinski definition) is 6. The molecule has 1 aliphatic rings. The molecule has 1 amide bonds. The highest BCUT2D eigenvalue weighted by Crippen LogP contribution is 2.37. The third-order valence-corrected chi connectivity index (χ3v) is 4.14. The van der Waals surface area contributed by atoms with Crippen LogP contribution < -0.4 is 5.32 Å². The van der Waals surface area contributed by atoms with Crippen LogP contribution in [0.15, 0.2) is 23.1 Å².